The van der Waals surface area contributed by atoms with Gasteiger partial charge in [0.1, 0.15) is 23.5 Å². The summed E-state index contributed by atoms with van der Waals surface area (Å²) >= 11 is 0. The van der Waals surface area contributed by atoms with Crippen LogP contribution in [0.5, 0.6) is 5.75 Å². The number of hydrogen-bond donors (Lipinski definition) is 2. The third-order valence-corrected chi connectivity index (χ3v) is 4.60. The van der Waals surface area contributed by atoms with Crippen molar-refractivity contribution >= 4 is 16.9 Å². The van der Waals surface area contributed by atoms with Gasteiger partial charge >= 0.3 is 5.97 Å². The first kappa shape index (κ1) is 17.8. The number of aromatic carboxylic acids is 1. The van der Waals surface area contributed by atoms with Gasteiger partial charge in [0.25, 0.3) is 0 Å². The monoisotopic (exact) mass is 373 g/mol. The highest BCUT2D eigenvalue weighted by Crippen LogP contribution is 2.32. The van der Waals surface area contributed by atoms with E-state index in [1.165, 1.54) is 6.07 Å². The molecule has 4 aromatic rings. The molecule has 28 heavy (non-hydrogen) atoms. The van der Waals surface area contributed by atoms with Gasteiger partial charge < -0.3 is 20.0 Å². The van der Waals surface area contributed by atoms with Crippen LogP contribution < -0.4 is 10.5 Å². The first-order chi connectivity index (χ1) is 13.7. The van der Waals surface area contributed by atoms with Crippen molar-refractivity contribution in [3.63, 3.8) is 0 Å². The Morgan fingerprint density at radius 3 is 2.68 bits per heavy atom. The molecule has 0 aliphatic heterocycles. The molecule has 3 N–H and O–H groups in total. The van der Waals surface area contributed by atoms with Crippen molar-refractivity contribution < 1.29 is 19.1 Å². The van der Waals surface area contributed by atoms with Gasteiger partial charge in [-0.25, -0.2) is 4.79 Å². The second-order valence-corrected chi connectivity index (χ2v) is 6.48. The van der Waals surface area contributed by atoms with Crippen molar-refractivity contribution in [1.82, 2.24) is 0 Å². The summed E-state index contributed by atoms with van der Waals surface area (Å²) in [4.78, 5) is 11.4. The number of hydrogen-bond acceptors (Lipinski definition) is 4. The molecule has 0 bridgehead atoms. The molecule has 3 aromatic carbocycles. The number of ether oxygens (including phenoxy) is 1. The third-order valence-electron chi connectivity index (χ3n) is 4.60. The van der Waals surface area contributed by atoms with Crippen LogP contribution in [-0.4, -0.2) is 11.1 Å². The number of carboxylic acid groups (broad SMARTS) is 1. The summed E-state index contributed by atoms with van der Waals surface area (Å²) in [5.41, 5.74) is 10.6. The lowest BCUT2D eigenvalue weighted by molar-refractivity contribution is 0.0691. The highest BCUT2D eigenvalue weighted by molar-refractivity contribution is 5.93. The normalized spacial score (nSPS) is 10.9. The molecule has 0 saturated heterocycles. The number of para-hydroxylation sites is 1. The number of carbonyl (C=O) groups is 1. The highest BCUT2D eigenvalue weighted by atomic mass is 16.5. The molecule has 0 saturated carbocycles. The van der Waals surface area contributed by atoms with E-state index in [-0.39, 0.29) is 12.2 Å². The van der Waals surface area contributed by atoms with Crippen LogP contribution in [0.4, 0.5) is 0 Å². The van der Waals surface area contributed by atoms with E-state index in [0.717, 1.165) is 33.2 Å². The Kier molecular flexibility index (Phi) is 4.83. The average molecular weight is 373 g/mol. The predicted octanol–water partition coefficient (Wildman–Crippen LogP) is 4.84. The number of nitrogens with two attached hydrogens (primary N) is 1. The number of fused-ring (bicyclic) bond motifs is 1. The van der Waals surface area contributed by atoms with Gasteiger partial charge in [0, 0.05) is 17.5 Å². The Morgan fingerprint density at radius 1 is 1.00 bits per heavy atom. The van der Waals surface area contributed by atoms with Gasteiger partial charge in [-0.05, 0) is 53.1 Å². The van der Waals surface area contributed by atoms with Gasteiger partial charge in [0.2, 0.25) is 0 Å². The summed E-state index contributed by atoms with van der Waals surface area (Å²) in [6, 6.07) is 20.5. The minimum absolute atomic E-state index is 0.141. The van der Waals surface area contributed by atoms with Crippen LogP contribution in [0, 0.1) is 0 Å². The molecule has 5 heteroatoms. The second kappa shape index (κ2) is 7.58. The van der Waals surface area contributed by atoms with E-state index in [0.29, 0.717) is 12.3 Å². The van der Waals surface area contributed by atoms with Crippen LogP contribution in [0.15, 0.2) is 77.4 Å². The molecule has 0 unspecified atom stereocenters. The molecular weight excluding hydrogens is 354 g/mol. The van der Waals surface area contributed by atoms with Crippen LogP contribution in [-0.2, 0) is 13.2 Å². The van der Waals surface area contributed by atoms with Gasteiger partial charge in [0.05, 0.1) is 6.26 Å². The largest absolute Gasteiger partial charge is 0.488 e. The number of carboxylic acids is 1. The van der Waals surface area contributed by atoms with E-state index in [9.17, 15) is 9.90 Å². The van der Waals surface area contributed by atoms with E-state index >= 15 is 0 Å². The summed E-state index contributed by atoms with van der Waals surface area (Å²) in [7, 11) is 0. The summed E-state index contributed by atoms with van der Waals surface area (Å²) < 4.78 is 11.5. The quantitative estimate of drug-likeness (QED) is 0.505. The summed E-state index contributed by atoms with van der Waals surface area (Å²) in [5, 5.41) is 10.3. The average Bonchev–Trinajstić information content (AvgIpc) is 3.20. The fourth-order valence-electron chi connectivity index (χ4n) is 3.24. The lowest BCUT2D eigenvalue weighted by Crippen LogP contribution is -2.03. The number of benzene rings is 3. The van der Waals surface area contributed by atoms with Crippen molar-refractivity contribution in [2.45, 2.75) is 13.2 Å². The molecule has 140 valence electrons. The Bertz CT molecular complexity index is 1150. The van der Waals surface area contributed by atoms with Gasteiger partial charge in [-0.1, -0.05) is 30.3 Å². The lowest BCUT2D eigenvalue weighted by atomic mass is 9.99. The van der Waals surface area contributed by atoms with Crippen molar-refractivity contribution in [2.75, 3.05) is 0 Å². The van der Waals surface area contributed by atoms with Crippen LogP contribution in [0.25, 0.3) is 22.1 Å². The summed E-state index contributed by atoms with van der Waals surface area (Å²) in [5.74, 6) is -0.672. The summed E-state index contributed by atoms with van der Waals surface area (Å²) in [6.45, 7) is 0.707. The minimum atomic E-state index is -1.01. The molecule has 1 heterocycles. The Hall–Kier alpha value is -3.57. The van der Waals surface area contributed by atoms with Gasteiger partial charge in [-0.15, -0.1) is 0 Å². The fraction of sp³-hybridized carbons (Fsp3) is 0.0870. The molecule has 0 amide bonds. The molecule has 0 atom stereocenters. The lowest BCUT2D eigenvalue weighted by Gasteiger charge is -2.11. The molecule has 0 aliphatic rings. The van der Waals surface area contributed by atoms with E-state index in [1.807, 2.05) is 42.5 Å². The standard InChI is InChI=1S/C23H19NO4/c24-13-15-4-3-5-17(10-15)20-12-16(11-18-8-9-27-22(18)20)14-28-21-7-2-1-6-19(21)23(25)26/h1-12H,13-14,24H2,(H,25,26). The van der Waals surface area contributed by atoms with Crippen molar-refractivity contribution in [1.29, 1.82) is 0 Å². The molecule has 4 rings (SSSR count). The van der Waals surface area contributed by atoms with Gasteiger partial charge in [-0.2, -0.15) is 0 Å². The number of furan rings is 1. The van der Waals surface area contributed by atoms with E-state index < -0.39 is 5.97 Å². The van der Waals surface area contributed by atoms with E-state index in [2.05, 4.69) is 0 Å². The van der Waals surface area contributed by atoms with Gasteiger partial charge in [-0.3, -0.25) is 0 Å². The molecular formula is C23H19NO4. The first-order valence-corrected chi connectivity index (χ1v) is 8.90. The Morgan fingerprint density at radius 2 is 1.86 bits per heavy atom. The predicted molar refractivity (Wildman–Crippen MR) is 107 cm³/mol. The van der Waals surface area contributed by atoms with Crippen molar-refractivity contribution in [2.24, 2.45) is 5.73 Å². The molecule has 5 nitrogen and oxygen atoms in total. The van der Waals surface area contributed by atoms with Crippen molar-refractivity contribution in [3.05, 3.63) is 89.7 Å². The molecule has 0 aliphatic carbocycles. The van der Waals surface area contributed by atoms with E-state index in [1.54, 1.807) is 24.5 Å². The number of rotatable bonds is 6. The SMILES string of the molecule is NCc1cccc(-c2cc(COc3ccccc3C(=O)O)cc3ccoc23)c1. The maximum absolute atomic E-state index is 11.4. The fourth-order valence-corrected chi connectivity index (χ4v) is 3.24. The van der Waals surface area contributed by atoms with Crippen LogP contribution in [0.2, 0.25) is 0 Å². The van der Waals surface area contributed by atoms with Crippen LogP contribution in [0.1, 0.15) is 21.5 Å². The molecule has 0 spiro atoms. The maximum atomic E-state index is 11.4. The van der Waals surface area contributed by atoms with Crippen LogP contribution in [0.3, 0.4) is 0 Å². The Labute approximate surface area is 162 Å². The van der Waals surface area contributed by atoms with Gasteiger partial charge in [0.15, 0.2) is 0 Å². The zero-order valence-corrected chi connectivity index (χ0v) is 15.1. The zero-order valence-electron chi connectivity index (χ0n) is 15.1. The third kappa shape index (κ3) is 3.48. The molecule has 0 fully saturated rings. The smallest absolute Gasteiger partial charge is 0.339 e. The van der Waals surface area contributed by atoms with Crippen LogP contribution >= 0.6 is 0 Å². The highest BCUT2D eigenvalue weighted by Gasteiger charge is 2.13. The first-order valence-electron chi connectivity index (χ1n) is 8.90. The summed E-state index contributed by atoms with van der Waals surface area (Å²) in [6.07, 6.45) is 1.66. The topological polar surface area (TPSA) is 85.7 Å². The zero-order chi connectivity index (χ0) is 19.5. The minimum Gasteiger partial charge on any atom is -0.488 e. The van der Waals surface area contributed by atoms with Crippen molar-refractivity contribution in [3.8, 4) is 16.9 Å². The molecule has 1 aromatic heterocycles. The molecule has 0 radical (unpaired) electrons. The maximum Gasteiger partial charge on any atom is 0.339 e. The Balaban J connectivity index is 1.70. The van der Waals surface area contributed by atoms with E-state index in [4.69, 9.17) is 14.9 Å². The second-order valence-electron chi connectivity index (χ2n) is 6.48.